The quantitative estimate of drug-likeness (QED) is 0.132. The Hall–Kier alpha value is -1.74. The first-order valence-corrected chi connectivity index (χ1v) is 16.3. The van der Waals surface area contributed by atoms with Gasteiger partial charge < -0.3 is 50.0 Å². The lowest BCUT2D eigenvalue weighted by molar-refractivity contribution is -0.337. The summed E-state index contributed by atoms with van der Waals surface area (Å²) < 4.78 is 17.0. The zero-order valence-corrected chi connectivity index (χ0v) is 27.0. The molecule has 7 N–H and O–H groups in total. The molecular weight excluding hydrogens is 588 g/mol. The zero-order valence-electron chi connectivity index (χ0n) is 27.0. The van der Waals surface area contributed by atoms with Crippen LogP contribution < -0.4 is 0 Å². The Morgan fingerprint density at radius 3 is 2.33 bits per heavy atom. The fraction of sp³-hybridized carbons (Fsp3) is 0.818. The van der Waals surface area contributed by atoms with Gasteiger partial charge in [-0.2, -0.15) is 0 Å². The van der Waals surface area contributed by atoms with E-state index in [0.717, 1.165) is 6.42 Å². The summed E-state index contributed by atoms with van der Waals surface area (Å²) in [5.74, 6) is -5.02. The van der Waals surface area contributed by atoms with Gasteiger partial charge in [0.15, 0.2) is 0 Å². The molecule has 0 aromatic carbocycles. The number of cyclic esters (lactones) is 1. The van der Waals surface area contributed by atoms with Crippen LogP contribution in [0.2, 0.25) is 0 Å². The molecule has 0 aliphatic carbocycles. The van der Waals surface area contributed by atoms with Crippen LogP contribution in [0.25, 0.3) is 0 Å². The molecule has 2 saturated heterocycles. The highest BCUT2D eigenvalue weighted by molar-refractivity contribution is 5.83. The molecule has 0 spiro atoms. The Kier molecular flexibility index (Phi) is 13.7. The van der Waals surface area contributed by atoms with Crippen molar-refractivity contribution in [1.82, 2.24) is 0 Å². The topological polar surface area (TPSA) is 207 Å². The van der Waals surface area contributed by atoms with E-state index in [2.05, 4.69) is 6.58 Å². The molecular formula is C33H54O12. The summed E-state index contributed by atoms with van der Waals surface area (Å²) in [5.41, 5.74) is 0.750. The van der Waals surface area contributed by atoms with E-state index in [-0.39, 0.29) is 49.9 Å². The monoisotopic (exact) mass is 642 g/mol. The number of aliphatic hydroxyl groups excluding tert-OH is 6. The van der Waals surface area contributed by atoms with Crippen LogP contribution in [-0.4, -0.2) is 114 Å². The van der Waals surface area contributed by atoms with E-state index in [9.17, 15) is 45.3 Å². The number of esters is 1. The van der Waals surface area contributed by atoms with Gasteiger partial charge in [-0.1, -0.05) is 38.5 Å². The van der Waals surface area contributed by atoms with Gasteiger partial charge in [0.1, 0.15) is 36.3 Å². The van der Waals surface area contributed by atoms with E-state index in [1.807, 2.05) is 6.92 Å². The van der Waals surface area contributed by atoms with Crippen molar-refractivity contribution in [2.75, 3.05) is 0 Å². The third-order valence-corrected chi connectivity index (χ3v) is 9.43. The van der Waals surface area contributed by atoms with E-state index in [4.69, 9.17) is 14.2 Å². The maximum absolute atomic E-state index is 13.0. The highest BCUT2D eigenvalue weighted by Crippen LogP contribution is 2.37. The predicted molar refractivity (Wildman–Crippen MR) is 162 cm³/mol. The van der Waals surface area contributed by atoms with Crippen molar-refractivity contribution >= 4 is 11.8 Å². The number of hydrogen-bond donors (Lipinski definition) is 7. The maximum Gasteiger partial charge on any atom is 0.311 e. The molecule has 45 heavy (non-hydrogen) atoms. The second-order valence-corrected chi connectivity index (χ2v) is 13.3. The van der Waals surface area contributed by atoms with Gasteiger partial charge in [-0.05, 0) is 70.8 Å². The van der Waals surface area contributed by atoms with Crippen LogP contribution in [-0.2, 0) is 23.8 Å². The summed E-state index contributed by atoms with van der Waals surface area (Å²) in [6.45, 7) is 10.6. The van der Waals surface area contributed by atoms with Crippen LogP contribution in [0.15, 0.2) is 23.8 Å². The summed E-state index contributed by atoms with van der Waals surface area (Å²) in [5, 5.41) is 76.0. The number of allylic oxidation sites excluding steroid dienone is 1. The Balaban J connectivity index is 1.82. The average molecular weight is 643 g/mol. The van der Waals surface area contributed by atoms with Gasteiger partial charge in [-0.25, -0.2) is 0 Å². The molecule has 0 aromatic heterocycles. The summed E-state index contributed by atoms with van der Waals surface area (Å²) in [6, 6.07) is 0. The third-order valence-electron chi connectivity index (χ3n) is 9.43. The zero-order chi connectivity index (χ0) is 33.6. The number of ketones is 1. The molecule has 3 heterocycles. The minimum Gasteiger partial charge on any atom is -0.459 e. The summed E-state index contributed by atoms with van der Waals surface area (Å²) in [7, 11) is 0. The maximum atomic E-state index is 13.0. The van der Waals surface area contributed by atoms with Crippen LogP contribution in [0, 0.1) is 11.8 Å². The molecule has 258 valence electrons. The van der Waals surface area contributed by atoms with Gasteiger partial charge in [0.2, 0.25) is 5.79 Å². The molecule has 3 aliphatic rings. The SMILES string of the molecule is C=C1C(O)CC(=O)C(C)/C=C(\C)C[C@H](O)[C@]2(O)O[C@H](CC[C@H]2O)CC(O)CCC(O)C(CCCC)OC(=O)C(C)C(O)C2OC12. The first-order valence-electron chi connectivity index (χ1n) is 16.3. The molecule has 9 unspecified atom stereocenters. The van der Waals surface area contributed by atoms with Crippen molar-refractivity contribution in [1.29, 1.82) is 0 Å². The third kappa shape index (κ3) is 9.88. The van der Waals surface area contributed by atoms with Crippen molar-refractivity contribution in [3.05, 3.63) is 23.8 Å². The van der Waals surface area contributed by atoms with Gasteiger partial charge in [-0.15, -0.1) is 0 Å². The van der Waals surface area contributed by atoms with Crippen molar-refractivity contribution in [2.24, 2.45) is 11.8 Å². The van der Waals surface area contributed by atoms with E-state index in [1.165, 1.54) is 6.92 Å². The van der Waals surface area contributed by atoms with Gasteiger partial charge in [0.05, 0.1) is 36.4 Å². The molecule has 0 radical (unpaired) electrons. The molecule has 12 nitrogen and oxygen atoms in total. The number of carbonyl (C=O) groups is 2. The van der Waals surface area contributed by atoms with Crippen molar-refractivity contribution in [3.63, 3.8) is 0 Å². The van der Waals surface area contributed by atoms with Crippen molar-refractivity contribution in [2.45, 2.75) is 159 Å². The van der Waals surface area contributed by atoms with Gasteiger partial charge in [-0.3, -0.25) is 9.59 Å². The van der Waals surface area contributed by atoms with E-state index in [1.54, 1.807) is 19.9 Å². The fourth-order valence-corrected chi connectivity index (χ4v) is 6.23. The van der Waals surface area contributed by atoms with Crippen LogP contribution in [0.4, 0.5) is 0 Å². The Bertz CT molecular complexity index is 1050. The van der Waals surface area contributed by atoms with Gasteiger partial charge in [0.25, 0.3) is 0 Å². The summed E-state index contributed by atoms with van der Waals surface area (Å²) in [4.78, 5) is 26.0. The molecule has 0 aromatic rings. The molecule has 2 fully saturated rings. The number of aliphatic hydroxyl groups is 7. The minimum atomic E-state index is -2.30. The smallest absolute Gasteiger partial charge is 0.311 e. The molecule has 13 atom stereocenters. The van der Waals surface area contributed by atoms with Crippen LogP contribution in [0.1, 0.15) is 91.9 Å². The molecule has 12 heteroatoms. The minimum absolute atomic E-state index is 0.0770. The predicted octanol–water partition coefficient (Wildman–Crippen LogP) is 1.20. The number of carbonyl (C=O) groups excluding carboxylic acids is 2. The molecule has 2 bridgehead atoms. The standard InChI is InChI=1S/C33H54O12/c1-6-7-8-26-23(35)11-9-21(34)15-22-10-12-27(38)33(42,45-22)28(39)14-17(2)13-18(3)24(36)16-25(37)19(4)30-31(44-30)29(40)20(5)32(41)43-26/h13,18,20-23,25-31,34-35,37-40,42H,4,6-12,14-16H2,1-3,5H3/b17-13+/t18?,20?,21?,22-,23?,25?,26?,27-,28+,29?,30?,31?,33-/m1/s1. The molecule has 0 saturated carbocycles. The van der Waals surface area contributed by atoms with Crippen molar-refractivity contribution < 1.29 is 59.5 Å². The lowest BCUT2D eigenvalue weighted by Gasteiger charge is -2.44. The Labute approximate surface area is 265 Å². The first kappa shape index (κ1) is 37.7. The largest absolute Gasteiger partial charge is 0.459 e. The highest BCUT2D eigenvalue weighted by Gasteiger charge is 2.51. The summed E-state index contributed by atoms with van der Waals surface area (Å²) in [6.07, 6.45) is -6.80. The van der Waals surface area contributed by atoms with E-state index < -0.39 is 84.6 Å². The number of rotatable bonds is 3. The second kappa shape index (κ2) is 16.4. The highest BCUT2D eigenvalue weighted by atomic mass is 16.7. The normalized spacial score (nSPS) is 44.6. The Morgan fingerprint density at radius 1 is 0.978 bits per heavy atom. The van der Waals surface area contributed by atoms with Crippen LogP contribution in [0.5, 0.6) is 0 Å². The molecule has 0 amide bonds. The first-order chi connectivity index (χ1) is 21.1. The van der Waals surface area contributed by atoms with Gasteiger partial charge in [0, 0.05) is 12.3 Å². The lowest BCUT2D eigenvalue weighted by Crippen LogP contribution is -2.59. The van der Waals surface area contributed by atoms with Gasteiger partial charge >= 0.3 is 5.97 Å². The fourth-order valence-electron chi connectivity index (χ4n) is 6.23. The number of hydrogen-bond acceptors (Lipinski definition) is 12. The summed E-state index contributed by atoms with van der Waals surface area (Å²) >= 11 is 0. The number of unbranched alkanes of at least 4 members (excludes halogenated alkanes) is 1. The average Bonchev–Trinajstić information content (AvgIpc) is 3.78. The van der Waals surface area contributed by atoms with E-state index in [0.29, 0.717) is 24.8 Å². The second-order valence-electron chi connectivity index (χ2n) is 13.3. The van der Waals surface area contributed by atoms with Crippen LogP contribution in [0.3, 0.4) is 0 Å². The number of epoxide rings is 1. The van der Waals surface area contributed by atoms with Crippen molar-refractivity contribution in [3.8, 4) is 0 Å². The van der Waals surface area contributed by atoms with E-state index >= 15 is 0 Å². The number of fused-ring (bicyclic) bond motifs is 3. The number of Topliss-reactive ketones (excluding diaryl/α,β-unsaturated/α-hetero) is 1. The lowest BCUT2D eigenvalue weighted by atomic mass is 9.88. The molecule has 3 aliphatic heterocycles. The molecule has 3 rings (SSSR count). The van der Waals surface area contributed by atoms with Crippen LogP contribution >= 0.6 is 0 Å². The number of ether oxygens (including phenoxy) is 3. The Morgan fingerprint density at radius 2 is 1.67 bits per heavy atom.